The number of nitrogens with one attached hydrogen (secondary N) is 1. The van der Waals surface area contributed by atoms with Crippen LogP contribution in [0.2, 0.25) is 0 Å². The second-order valence-corrected chi connectivity index (χ2v) is 4.76. The Hall–Kier alpha value is -1.27. The summed E-state index contributed by atoms with van der Waals surface area (Å²) in [7, 11) is 1.62. The Kier molecular flexibility index (Phi) is 4.01. The van der Waals surface area contributed by atoms with Gasteiger partial charge in [-0.25, -0.2) is 0 Å². The minimum atomic E-state index is -4.36. The van der Waals surface area contributed by atoms with Gasteiger partial charge in [-0.3, -0.25) is 0 Å². The first kappa shape index (κ1) is 14.1. The van der Waals surface area contributed by atoms with Crippen molar-refractivity contribution in [2.24, 2.45) is 0 Å². The van der Waals surface area contributed by atoms with Crippen LogP contribution in [-0.4, -0.2) is 31.3 Å². The number of halogens is 3. The fraction of sp³-hybridized carbons (Fsp3) is 0.538. The van der Waals surface area contributed by atoms with Gasteiger partial charge in [0, 0.05) is 25.3 Å². The molecule has 1 unspecified atom stereocenters. The molecule has 1 heterocycles. The minimum Gasteiger partial charge on any atom is -0.391 e. The number of aliphatic hydroxyl groups excluding tert-OH is 1. The number of β-amino-alcohol motifs (C(OH)–C–C–N with tert-alkyl or cyclic N) is 1. The number of alkyl halides is 3. The zero-order valence-electron chi connectivity index (χ0n) is 10.7. The van der Waals surface area contributed by atoms with Gasteiger partial charge < -0.3 is 15.3 Å². The Morgan fingerprint density at radius 2 is 2.16 bits per heavy atom. The lowest BCUT2D eigenvalue weighted by Crippen LogP contribution is -2.22. The van der Waals surface area contributed by atoms with Crippen molar-refractivity contribution in [3.05, 3.63) is 29.3 Å². The minimum absolute atomic E-state index is 0.178. The van der Waals surface area contributed by atoms with Crippen LogP contribution in [0.5, 0.6) is 0 Å². The molecule has 3 nitrogen and oxygen atoms in total. The molecule has 0 bridgehead atoms. The van der Waals surface area contributed by atoms with Crippen molar-refractivity contribution < 1.29 is 18.3 Å². The highest BCUT2D eigenvalue weighted by Crippen LogP contribution is 2.35. The summed E-state index contributed by atoms with van der Waals surface area (Å²) in [6.07, 6.45) is -4.22. The van der Waals surface area contributed by atoms with Crippen LogP contribution < -0.4 is 10.2 Å². The average molecular weight is 274 g/mol. The van der Waals surface area contributed by atoms with Crippen molar-refractivity contribution in [2.45, 2.75) is 25.2 Å². The van der Waals surface area contributed by atoms with Crippen LogP contribution in [-0.2, 0) is 12.7 Å². The van der Waals surface area contributed by atoms with E-state index in [2.05, 4.69) is 5.32 Å². The quantitative estimate of drug-likeness (QED) is 0.885. The second-order valence-electron chi connectivity index (χ2n) is 4.76. The Morgan fingerprint density at radius 3 is 2.68 bits per heavy atom. The lowest BCUT2D eigenvalue weighted by molar-refractivity contribution is -0.138. The molecule has 1 aromatic carbocycles. The predicted octanol–water partition coefficient (Wildman–Crippen LogP) is 2.00. The lowest BCUT2D eigenvalue weighted by atomic mass is 10.1. The van der Waals surface area contributed by atoms with Gasteiger partial charge in [-0.1, -0.05) is 6.07 Å². The van der Waals surface area contributed by atoms with E-state index in [9.17, 15) is 18.3 Å². The van der Waals surface area contributed by atoms with Gasteiger partial charge in [0.25, 0.3) is 0 Å². The van der Waals surface area contributed by atoms with Crippen LogP contribution in [0, 0.1) is 0 Å². The van der Waals surface area contributed by atoms with Crippen LogP contribution in [0.1, 0.15) is 17.5 Å². The van der Waals surface area contributed by atoms with Gasteiger partial charge in [-0.2, -0.15) is 13.2 Å². The zero-order valence-corrected chi connectivity index (χ0v) is 10.7. The molecule has 0 radical (unpaired) electrons. The molecule has 1 aliphatic heterocycles. The van der Waals surface area contributed by atoms with Crippen molar-refractivity contribution in [1.29, 1.82) is 0 Å². The number of hydrogen-bond donors (Lipinski definition) is 2. The number of rotatable bonds is 3. The van der Waals surface area contributed by atoms with Gasteiger partial charge in [0.05, 0.1) is 11.7 Å². The maximum atomic E-state index is 13.0. The first-order chi connectivity index (χ1) is 8.91. The monoisotopic (exact) mass is 274 g/mol. The van der Waals surface area contributed by atoms with E-state index in [0.717, 1.165) is 0 Å². The topological polar surface area (TPSA) is 35.5 Å². The van der Waals surface area contributed by atoms with E-state index in [4.69, 9.17) is 0 Å². The van der Waals surface area contributed by atoms with Gasteiger partial charge in [0.15, 0.2) is 0 Å². The molecule has 1 aromatic rings. The molecule has 19 heavy (non-hydrogen) atoms. The normalized spacial score (nSPS) is 20.1. The van der Waals surface area contributed by atoms with Gasteiger partial charge in [-0.15, -0.1) is 0 Å². The van der Waals surface area contributed by atoms with Crippen molar-refractivity contribution in [3.63, 3.8) is 0 Å². The summed E-state index contributed by atoms with van der Waals surface area (Å²) < 4.78 is 39.1. The maximum absolute atomic E-state index is 13.0. The fourth-order valence-electron chi connectivity index (χ4n) is 2.35. The van der Waals surface area contributed by atoms with Gasteiger partial charge in [0.2, 0.25) is 0 Å². The van der Waals surface area contributed by atoms with Gasteiger partial charge in [-0.05, 0) is 31.2 Å². The summed E-state index contributed by atoms with van der Waals surface area (Å²) in [6.45, 7) is 1.16. The summed E-state index contributed by atoms with van der Waals surface area (Å²) in [5.41, 5.74) is 0.142. The highest BCUT2D eigenvalue weighted by molar-refractivity contribution is 5.52. The van der Waals surface area contributed by atoms with Crippen LogP contribution in [0.3, 0.4) is 0 Å². The third kappa shape index (κ3) is 3.19. The van der Waals surface area contributed by atoms with Crippen LogP contribution in [0.25, 0.3) is 0 Å². The molecule has 2 rings (SSSR count). The SMILES string of the molecule is CNCc1ccc(N2CCC(O)C2)cc1C(F)(F)F. The molecule has 106 valence electrons. The maximum Gasteiger partial charge on any atom is 0.416 e. The molecule has 1 fully saturated rings. The molecule has 0 saturated carbocycles. The number of anilines is 1. The number of hydrogen-bond acceptors (Lipinski definition) is 3. The molecule has 1 atom stereocenters. The summed E-state index contributed by atoms with van der Waals surface area (Å²) in [4.78, 5) is 1.78. The van der Waals surface area contributed by atoms with Crippen LogP contribution in [0.4, 0.5) is 18.9 Å². The van der Waals surface area contributed by atoms with Crippen LogP contribution >= 0.6 is 0 Å². The molecule has 0 spiro atoms. The standard InChI is InChI=1S/C13H17F3N2O/c1-17-7-9-2-3-10(6-12(9)13(14,15)16)18-5-4-11(19)8-18/h2-3,6,11,17,19H,4-5,7-8H2,1H3. The van der Waals surface area contributed by atoms with Crippen LogP contribution in [0.15, 0.2) is 18.2 Å². The summed E-state index contributed by atoms with van der Waals surface area (Å²) in [6, 6.07) is 4.35. The Morgan fingerprint density at radius 1 is 1.42 bits per heavy atom. The molecule has 1 saturated heterocycles. The van der Waals surface area contributed by atoms with Gasteiger partial charge in [0.1, 0.15) is 0 Å². The largest absolute Gasteiger partial charge is 0.416 e. The number of benzene rings is 1. The Balaban J connectivity index is 2.32. The molecular formula is C13H17F3N2O. The zero-order chi connectivity index (χ0) is 14.0. The lowest BCUT2D eigenvalue weighted by Gasteiger charge is -2.21. The van der Waals surface area contributed by atoms with Crippen molar-refractivity contribution in [1.82, 2.24) is 5.32 Å². The predicted molar refractivity (Wildman–Crippen MR) is 67.0 cm³/mol. The average Bonchev–Trinajstić information content (AvgIpc) is 2.75. The Labute approximate surface area is 110 Å². The molecule has 0 aliphatic carbocycles. The van der Waals surface area contributed by atoms with E-state index in [1.165, 1.54) is 12.1 Å². The summed E-state index contributed by atoms with van der Waals surface area (Å²) >= 11 is 0. The van der Waals surface area contributed by atoms with Crippen molar-refractivity contribution in [3.8, 4) is 0 Å². The first-order valence-electron chi connectivity index (χ1n) is 6.19. The van der Waals surface area contributed by atoms with E-state index < -0.39 is 17.8 Å². The number of nitrogens with zero attached hydrogens (tertiary/aromatic N) is 1. The fourth-order valence-corrected chi connectivity index (χ4v) is 2.35. The third-order valence-corrected chi connectivity index (χ3v) is 3.29. The molecule has 0 aromatic heterocycles. The summed E-state index contributed by atoms with van der Waals surface area (Å²) in [5, 5.41) is 12.2. The number of aliphatic hydroxyl groups is 1. The van der Waals surface area contributed by atoms with Crippen molar-refractivity contribution in [2.75, 3.05) is 25.0 Å². The Bertz CT molecular complexity index is 448. The molecule has 0 amide bonds. The third-order valence-electron chi connectivity index (χ3n) is 3.29. The smallest absolute Gasteiger partial charge is 0.391 e. The second kappa shape index (κ2) is 5.38. The van der Waals surface area contributed by atoms with Crippen molar-refractivity contribution >= 4 is 5.69 Å². The van der Waals surface area contributed by atoms with E-state index in [0.29, 0.717) is 25.2 Å². The highest BCUT2D eigenvalue weighted by atomic mass is 19.4. The van der Waals surface area contributed by atoms with E-state index in [1.54, 1.807) is 18.0 Å². The van der Waals surface area contributed by atoms with E-state index >= 15 is 0 Å². The highest BCUT2D eigenvalue weighted by Gasteiger charge is 2.34. The van der Waals surface area contributed by atoms with E-state index in [-0.39, 0.29) is 12.1 Å². The molecule has 6 heteroatoms. The first-order valence-corrected chi connectivity index (χ1v) is 6.19. The molecular weight excluding hydrogens is 257 g/mol. The summed E-state index contributed by atoms with van der Waals surface area (Å²) in [5.74, 6) is 0. The van der Waals surface area contributed by atoms with E-state index in [1.807, 2.05) is 0 Å². The van der Waals surface area contributed by atoms with Gasteiger partial charge >= 0.3 is 6.18 Å². The molecule has 2 N–H and O–H groups in total. The molecule has 1 aliphatic rings.